The van der Waals surface area contributed by atoms with Crippen molar-refractivity contribution in [1.82, 2.24) is 4.98 Å². The highest BCUT2D eigenvalue weighted by molar-refractivity contribution is 7.99. The summed E-state index contributed by atoms with van der Waals surface area (Å²) in [5.41, 5.74) is 2.38. The lowest BCUT2D eigenvalue weighted by Gasteiger charge is -2.07. The fourth-order valence-electron chi connectivity index (χ4n) is 2.45. The van der Waals surface area contributed by atoms with Gasteiger partial charge in [0.2, 0.25) is 0 Å². The number of nitrogens with zero attached hydrogens (tertiary/aromatic N) is 1. The molecule has 0 atom stereocenters. The van der Waals surface area contributed by atoms with Crippen LogP contribution in [0.5, 0.6) is 0 Å². The smallest absolute Gasteiger partial charge is 0.341 e. The number of oxazole rings is 1. The molecule has 0 aliphatic heterocycles. The maximum absolute atomic E-state index is 12.1. The lowest BCUT2D eigenvalue weighted by molar-refractivity contribution is -0.144. The standard InChI is InChI=1S/C19H18N2O6S2/c1-10-11(2)29-17(16(10)18(24)25-3)21-14(22)8-26-15(23)9-28-19-20-12-6-4-5-7-13(12)27-19/h4-7H,8-9H2,1-3H3,(H,21,22). The van der Waals surface area contributed by atoms with Gasteiger partial charge in [-0.2, -0.15) is 0 Å². The maximum Gasteiger partial charge on any atom is 0.341 e. The van der Waals surface area contributed by atoms with E-state index >= 15 is 0 Å². The molecule has 1 aromatic carbocycles. The number of anilines is 1. The number of aromatic nitrogens is 1. The molecule has 152 valence electrons. The normalized spacial score (nSPS) is 10.7. The van der Waals surface area contributed by atoms with Crippen LogP contribution in [0, 0.1) is 13.8 Å². The summed E-state index contributed by atoms with van der Waals surface area (Å²) in [6.45, 7) is 3.14. The Labute approximate surface area is 174 Å². The highest BCUT2D eigenvalue weighted by Gasteiger charge is 2.22. The molecule has 1 amide bonds. The average Bonchev–Trinajstić information content (AvgIpc) is 3.24. The van der Waals surface area contributed by atoms with Crippen molar-refractivity contribution in [2.45, 2.75) is 19.1 Å². The fraction of sp³-hybridized carbons (Fsp3) is 0.263. The molecule has 2 aromatic heterocycles. The number of thioether (sulfide) groups is 1. The van der Waals surface area contributed by atoms with Crippen LogP contribution in [0.25, 0.3) is 11.1 Å². The van der Waals surface area contributed by atoms with Crippen LogP contribution in [-0.2, 0) is 19.1 Å². The van der Waals surface area contributed by atoms with E-state index in [1.165, 1.54) is 18.4 Å². The van der Waals surface area contributed by atoms with Crippen molar-refractivity contribution in [2.24, 2.45) is 0 Å². The first-order valence-electron chi connectivity index (χ1n) is 8.51. The Hall–Kier alpha value is -2.85. The van der Waals surface area contributed by atoms with E-state index in [1.54, 1.807) is 13.0 Å². The molecule has 0 saturated carbocycles. The first kappa shape index (κ1) is 20.9. The van der Waals surface area contributed by atoms with Crippen LogP contribution >= 0.6 is 23.1 Å². The molecule has 2 heterocycles. The molecule has 10 heteroatoms. The largest absolute Gasteiger partial charge is 0.465 e. The topological polar surface area (TPSA) is 108 Å². The van der Waals surface area contributed by atoms with Gasteiger partial charge in [0.15, 0.2) is 12.2 Å². The van der Waals surface area contributed by atoms with Gasteiger partial charge in [-0.05, 0) is 31.5 Å². The first-order chi connectivity index (χ1) is 13.9. The summed E-state index contributed by atoms with van der Waals surface area (Å²) >= 11 is 2.34. The number of methoxy groups -OCH3 is 1. The van der Waals surface area contributed by atoms with Crippen molar-refractivity contribution in [3.63, 3.8) is 0 Å². The van der Waals surface area contributed by atoms with Crippen molar-refractivity contribution in [2.75, 3.05) is 24.8 Å². The van der Waals surface area contributed by atoms with Crippen LogP contribution in [0.4, 0.5) is 5.00 Å². The molecule has 3 rings (SSSR count). The predicted molar refractivity (Wildman–Crippen MR) is 109 cm³/mol. The Morgan fingerprint density at radius 2 is 2.00 bits per heavy atom. The molecule has 0 unspecified atom stereocenters. The van der Waals surface area contributed by atoms with Gasteiger partial charge in [0.25, 0.3) is 11.1 Å². The number of rotatable bonds is 7. The van der Waals surface area contributed by atoms with Gasteiger partial charge in [-0.15, -0.1) is 11.3 Å². The molecule has 8 nitrogen and oxygen atoms in total. The molecule has 0 spiro atoms. The summed E-state index contributed by atoms with van der Waals surface area (Å²) in [4.78, 5) is 41.1. The van der Waals surface area contributed by atoms with E-state index in [2.05, 4.69) is 10.3 Å². The second-order valence-corrected chi connectivity index (χ2v) is 8.08. The molecule has 1 N–H and O–H groups in total. The zero-order chi connectivity index (χ0) is 21.0. The minimum atomic E-state index is -0.584. The third-order valence-corrected chi connectivity index (χ3v) is 5.90. The van der Waals surface area contributed by atoms with Crippen molar-refractivity contribution < 1.29 is 28.3 Å². The van der Waals surface area contributed by atoms with Crippen LogP contribution in [0.15, 0.2) is 33.9 Å². The highest BCUT2D eigenvalue weighted by atomic mass is 32.2. The van der Waals surface area contributed by atoms with E-state index in [1.807, 2.05) is 25.1 Å². The van der Waals surface area contributed by atoms with Crippen molar-refractivity contribution >= 4 is 57.0 Å². The number of aryl methyl sites for hydroxylation is 1. The van der Waals surface area contributed by atoms with Crippen LogP contribution in [0.2, 0.25) is 0 Å². The Morgan fingerprint density at radius 3 is 2.72 bits per heavy atom. The summed E-state index contributed by atoms with van der Waals surface area (Å²) < 4.78 is 15.2. The molecule has 0 fully saturated rings. The molecule has 0 aliphatic rings. The summed E-state index contributed by atoms with van der Waals surface area (Å²) in [7, 11) is 1.27. The molecule has 3 aromatic rings. The van der Waals surface area contributed by atoms with E-state index in [-0.39, 0.29) is 5.75 Å². The zero-order valence-corrected chi connectivity index (χ0v) is 17.6. The van der Waals surface area contributed by atoms with Crippen LogP contribution in [0.1, 0.15) is 20.8 Å². The maximum atomic E-state index is 12.1. The summed E-state index contributed by atoms with van der Waals surface area (Å²) in [5, 5.41) is 3.31. The number of fused-ring (bicyclic) bond motifs is 1. The van der Waals surface area contributed by atoms with E-state index in [0.29, 0.717) is 26.9 Å². The van der Waals surface area contributed by atoms with Gasteiger partial charge in [0, 0.05) is 4.88 Å². The molecule has 0 aliphatic carbocycles. The van der Waals surface area contributed by atoms with Crippen LogP contribution in [-0.4, -0.2) is 42.3 Å². The van der Waals surface area contributed by atoms with Gasteiger partial charge in [-0.25, -0.2) is 9.78 Å². The number of para-hydroxylation sites is 2. The second kappa shape index (κ2) is 9.10. The minimum Gasteiger partial charge on any atom is -0.465 e. The molecule has 0 bridgehead atoms. The van der Waals surface area contributed by atoms with Gasteiger partial charge >= 0.3 is 11.9 Å². The number of thiophene rings is 1. The van der Waals surface area contributed by atoms with Gasteiger partial charge in [-0.1, -0.05) is 23.9 Å². The van der Waals surface area contributed by atoms with Gasteiger partial charge in [0.1, 0.15) is 16.3 Å². The molecule has 29 heavy (non-hydrogen) atoms. The van der Waals surface area contributed by atoms with Gasteiger partial charge < -0.3 is 19.2 Å². The number of carbonyl (C=O) groups excluding carboxylic acids is 3. The van der Waals surface area contributed by atoms with Crippen LogP contribution < -0.4 is 5.32 Å². The monoisotopic (exact) mass is 434 g/mol. The Morgan fingerprint density at radius 1 is 1.24 bits per heavy atom. The molecular formula is C19H18N2O6S2. The summed E-state index contributed by atoms with van der Waals surface area (Å²) in [6.07, 6.45) is 0. The number of benzene rings is 1. The summed E-state index contributed by atoms with van der Waals surface area (Å²) in [6, 6.07) is 7.26. The van der Waals surface area contributed by atoms with E-state index in [9.17, 15) is 14.4 Å². The van der Waals surface area contributed by atoms with Crippen molar-refractivity contribution in [1.29, 1.82) is 0 Å². The van der Waals surface area contributed by atoms with Crippen molar-refractivity contribution in [3.8, 4) is 0 Å². The quantitative estimate of drug-likeness (QED) is 0.444. The van der Waals surface area contributed by atoms with Crippen molar-refractivity contribution in [3.05, 3.63) is 40.3 Å². The number of hydrogen-bond donors (Lipinski definition) is 1. The highest BCUT2D eigenvalue weighted by Crippen LogP contribution is 2.32. The lowest BCUT2D eigenvalue weighted by Crippen LogP contribution is -2.22. The number of hydrogen-bond acceptors (Lipinski definition) is 9. The molecule has 0 radical (unpaired) electrons. The fourth-order valence-corrected chi connectivity index (χ4v) is 4.15. The third kappa shape index (κ3) is 4.96. The number of esters is 2. The predicted octanol–water partition coefficient (Wildman–Crippen LogP) is 3.57. The number of carbonyl (C=O) groups is 3. The Kier molecular flexibility index (Phi) is 6.55. The average molecular weight is 434 g/mol. The minimum absolute atomic E-state index is 0.0509. The van der Waals surface area contributed by atoms with Gasteiger partial charge in [-0.3, -0.25) is 9.59 Å². The molecule has 0 saturated heterocycles. The zero-order valence-electron chi connectivity index (χ0n) is 15.9. The van der Waals surface area contributed by atoms with E-state index < -0.39 is 24.5 Å². The number of amides is 1. The van der Waals surface area contributed by atoms with Crippen LogP contribution in [0.3, 0.4) is 0 Å². The summed E-state index contributed by atoms with van der Waals surface area (Å²) in [5.74, 6) is -1.71. The van der Waals surface area contributed by atoms with Gasteiger partial charge in [0.05, 0.1) is 12.7 Å². The Bertz CT molecular complexity index is 1040. The second-order valence-electron chi connectivity index (χ2n) is 5.92. The number of nitrogens with one attached hydrogen (secondary N) is 1. The van der Waals surface area contributed by atoms with E-state index in [0.717, 1.165) is 22.2 Å². The Balaban J connectivity index is 1.51. The SMILES string of the molecule is COC(=O)c1c(NC(=O)COC(=O)CSc2nc3ccccc3o2)sc(C)c1C. The number of ether oxygens (including phenoxy) is 2. The lowest BCUT2D eigenvalue weighted by atomic mass is 10.1. The third-order valence-electron chi connectivity index (χ3n) is 3.98. The van der Waals surface area contributed by atoms with E-state index in [4.69, 9.17) is 13.9 Å². The first-order valence-corrected chi connectivity index (χ1v) is 10.3. The molecular weight excluding hydrogens is 416 g/mol.